The van der Waals surface area contributed by atoms with Gasteiger partial charge in [-0.05, 0) is 28.7 Å². The third-order valence-electron chi connectivity index (χ3n) is 4.41. The Balaban J connectivity index is 1.68. The van der Waals surface area contributed by atoms with Crippen LogP contribution in [0.5, 0.6) is 0 Å². The average Bonchev–Trinajstić information content (AvgIpc) is 2.97. The zero-order valence-corrected chi connectivity index (χ0v) is 13.8. The maximum Gasteiger partial charge on any atom is 0.407 e. The summed E-state index contributed by atoms with van der Waals surface area (Å²) in [6, 6.07) is 15.6. The number of carbonyl (C=O) groups excluding carboxylic acids is 2. The van der Waals surface area contributed by atoms with Crippen molar-refractivity contribution in [1.29, 1.82) is 0 Å². The number of rotatable bonds is 6. The molecule has 0 aromatic heterocycles. The minimum absolute atomic E-state index is 0.00135. The molecule has 0 fully saturated rings. The molecule has 2 aromatic carbocycles. The van der Waals surface area contributed by atoms with Crippen molar-refractivity contribution in [3.8, 4) is 23.5 Å². The van der Waals surface area contributed by atoms with Crippen LogP contribution in [0.1, 0.15) is 29.9 Å². The van der Waals surface area contributed by atoms with Gasteiger partial charge in [-0.25, -0.2) is 4.79 Å². The smallest absolute Gasteiger partial charge is 0.407 e. The quantitative estimate of drug-likeness (QED) is 0.650. The van der Waals surface area contributed by atoms with E-state index in [1.54, 1.807) is 0 Å². The number of benzene rings is 2. The van der Waals surface area contributed by atoms with Crippen LogP contribution in [-0.2, 0) is 9.53 Å². The fourth-order valence-corrected chi connectivity index (χ4v) is 3.20. The number of ether oxygens (including phenoxy) is 1. The summed E-state index contributed by atoms with van der Waals surface area (Å²) in [7, 11) is 0. The summed E-state index contributed by atoms with van der Waals surface area (Å²) >= 11 is 0. The number of carbonyl (C=O) groups is 2. The van der Waals surface area contributed by atoms with E-state index in [1.807, 2.05) is 24.3 Å². The highest BCUT2D eigenvalue weighted by Crippen LogP contribution is 2.44. The number of terminal acetylenes is 1. The van der Waals surface area contributed by atoms with Gasteiger partial charge in [-0.15, -0.1) is 12.3 Å². The van der Waals surface area contributed by atoms with Crippen molar-refractivity contribution in [2.45, 2.75) is 24.8 Å². The van der Waals surface area contributed by atoms with Crippen molar-refractivity contribution in [3.63, 3.8) is 0 Å². The lowest BCUT2D eigenvalue weighted by molar-refractivity contribution is -0.109. The summed E-state index contributed by atoms with van der Waals surface area (Å²) in [5.74, 6) is 2.45. The normalized spacial score (nSPS) is 13.2. The summed E-state index contributed by atoms with van der Waals surface area (Å²) in [6.07, 6.45) is 6.09. The fourth-order valence-electron chi connectivity index (χ4n) is 3.20. The van der Waals surface area contributed by atoms with Crippen LogP contribution in [0.25, 0.3) is 11.1 Å². The molecule has 0 saturated heterocycles. The number of alkyl carbamates (subject to hydrolysis) is 1. The van der Waals surface area contributed by atoms with Crippen molar-refractivity contribution in [1.82, 2.24) is 5.32 Å². The van der Waals surface area contributed by atoms with E-state index in [0.29, 0.717) is 19.1 Å². The Hall–Kier alpha value is -3.06. The Kier molecular flexibility index (Phi) is 5.15. The largest absolute Gasteiger partial charge is 0.449 e. The fraction of sp³-hybridized carbons (Fsp3) is 0.238. The molecule has 25 heavy (non-hydrogen) atoms. The Morgan fingerprint density at radius 2 is 1.76 bits per heavy atom. The van der Waals surface area contributed by atoms with E-state index in [1.165, 1.54) is 11.1 Å². The zero-order chi connectivity index (χ0) is 17.6. The average molecular weight is 333 g/mol. The van der Waals surface area contributed by atoms with Crippen LogP contribution in [0.2, 0.25) is 0 Å². The lowest BCUT2D eigenvalue weighted by atomic mass is 9.98. The molecule has 0 bridgehead atoms. The predicted octanol–water partition coefficient (Wildman–Crippen LogP) is 3.51. The van der Waals surface area contributed by atoms with Gasteiger partial charge in [-0.2, -0.15) is 0 Å². The highest BCUT2D eigenvalue weighted by Gasteiger charge is 2.29. The Labute approximate surface area is 147 Å². The molecule has 1 atom stereocenters. The molecule has 1 aliphatic rings. The second-order valence-corrected chi connectivity index (χ2v) is 5.96. The summed E-state index contributed by atoms with van der Waals surface area (Å²) < 4.78 is 5.39. The third-order valence-corrected chi connectivity index (χ3v) is 4.41. The second-order valence-electron chi connectivity index (χ2n) is 5.96. The van der Waals surface area contributed by atoms with Gasteiger partial charge in [0.2, 0.25) is 0 Å². The van der Waals surface area contributed by atoms with Crippen LogP contribution >= 0.6 is 0 Å². The minimum Gasteiger partial charge on any atom is -0.449 e. The monoisotopic (exact) mass is 333 g/mol. The molecular formula is C21H19NO3. The number of fused-ring (bicyclic) bond motifs is 3. The van der Waals surface area contributed by atoms with Crippen LogP contribution in [0, 0.1) is 12.3 Å². The molecule has 0 spiro atoms. The van der Waals surface area contributed by atoms with Crippen molar-refractivity contribution < 1.29 is 14.3 Å². The van der Waals surface area contributed by atoms with E-state index >= 15 is 0 Å². The summed E-state index contributed by atoms with van der Waals surface area (Å²) in [5.41, 5.74) is 4.64. The highest BCUT2D eigenvalue weighted by molar-refractivity contribution is 5.79. The van der Waals surface area contributed by atoms with Crippen LogP contribution in [0.15, 0.2) is 48.5 Å². The maximum absolute atomic E-state index is 12.0. The molecule has 0 radical (unpaired) electrons. The summed E-state index contributed by atoms with van der Waals surface area (Å²) in [6.45, 7) is 0.223. The van der Waals surface area contributed by atoms with Gasteiger partial charge in [0, 0.05) is 12.3 Å². The first kappa shape index (κ1) is 16.8. The minimum atomic E-state index is -0.619. The third kappa shape index (κ3) is 3.56. The van der Waals surface area contributed by atoms with Crippen molar-refractivity contribution in [2.75, 3.05) is 6.61 Å². The van der Waals surface area contributed by atoms with Gasteiger partial charge < -0.3 is 14.8 Å². The number of nitrogens with one attached hydrogen (secondary N) is 1. The molecule has 4 nitrogen and oxygen atoms in total. The number of amides is 1. The number of hydrogen-bond acceptors (Lipinski definition) is 3. The van der Waals surface area contributed by atoms with Gasteiger partial charge in [-0.3, -0.25) is 0 Å². The summed E-state index contributed by atoms with van der Waals surface area (Å²) in [4.78, 5) is 23.0. The molecule has 1 aliphatic carbocycles. The van der Waals surface area contributed by atoms with E-state index in [0.717, 1.165) is 11.1 Å². The van der Waals surface area contributed by atoms with Crippen LogP contribution < -0.4 is 5.32 Å². The Bertz CT molecular complexity index is 776. The Morgan fingerprint density at radius 1 is 1.16 bits per heavy atom. The van der Waals surface area contributed by atoms with E-state index in [2.05, 4.69) is 35.5 Å². The molecule has 3 rings (SSSR count). The standard InChI is InChI=1S/C21H19NO3/c1-2-3-8-15(13-23)22-21(24)25-14-20-18-11-6-4-9-16(18)17-10-5-7-12-19(17)20/h1,4-7,9-13,15,20H,3,8,14H2,(H,22,24)/t15-/m0/s1. The van der Waals surface area contributed by atoms with Gasteiger partial charge in [-0.1, -0.05) is 48.5 Å². The van der Waals surface area contributed by atoms with Crippen molar-refractivity contribution in [2.24, 2.45) is 0 Å². The van der Waals surface area contributed by atoms with Gasteiger partial charge in [0.05, 0.1) is 6.04 Å². The van der Waals surface area contributed by atoms with Crippen LogP contribution in [0.3, 0.4) is 0 Å². The topological polar surface area (TPSA) is 55.4 Å². The number of hydrogen-bond donors (Lipinski definition) is 1. The van der Waals surface area contributed by atoms with Gasteiger partial charge in [0.25, 0.3) is 0 Å². The molecule has 2 aromatic rings. The van der Waals surface area contributed by atoms with Crippen LogP contribution in [0.4, 0.5) is 4.79 Å². The molecule has 0 unspecified atom stereocenters. The first-order chi connectivity index (χ1) is 12.2. The first-order valence-electron chi connectivity index (χ1n) is 8.25. The SMILES string of the molecule is C#CCC[C@@H](C=O)NC(=O)OCC1c2ccccc2-c2ccccc21. The van der Waals surface area contributed by atoms with Gasteiger partial charge in [0.15, 0.2) is 0 Å². The molecule has 1 amide bonds. The molecule has 4 heteroatoms. The van der Waals surface area contributed by atoms with Gasteiger partial charge in [0.1, 0.15) is 12.9 Å². The van der Waals surface area contributed by atoms with Crippen LogP contribution in [-0.4, -0.2) is 25.0 Å². The molecular weight excluding hydrogens is 314 g/mol. The van der Waals surface area contributed by atoms with E-state index in [-0.39, 0.29) is 12.5 Å². The zero-order valence-electron chi connectivity index (χ0n) is 13.8. The van der Waals surface area contributed by atoms with E-state index < -0.39 is 12.1 Å². The lowest BCUT2D eigenvalue weighted by Gasteiger charge is -2.16. The van der Waals surface area contributed by atoms with Crippen molar-refractivity contribution in [3.05, 3.63) is 59.7 Å². The molecule has 126 valence electrons. The second kappa shape index (κ2) is 7.67. The molecule has 0 heterocycles. The van der Waals surface area contributed by atoms with E-state index in [9.17, 15) is 9.59 Å². The predicted molar refractivity (Wildman–Crippen MR) is 96.1 cm³/mol. The maximum atomic E-state index is 12.0. The first-order valence-corrected chi connectivity index (χ1v) is 8.25. The lowest BCUT2D eigenvalue weighted by Crippen LogP contribution is -2.36. The van der Waals surface area contributed by atoms with E-state index in [4.69, 9.17) is 11.2 Å². The molecule has 0 saturated carbocycles. The summed E-state index contributed by atoms with van der Waals surface area (Å²) in [5, 5.41) is 2.55. The highest BCUT2D eigenvalue weighted by atomic mass is 16.5. The molecule has 0 aliphatic heterocycles. The Morgan fingerprint density at radius 3 is 2.32 bits per heavy atom. The van der Waals surface area contributed by atoms with Gasteiger partial charge >= 0.3 is 6.09 Å². The molecule has 1 N–H and O–H groups in total. The van der Waals surface area contributed by atoms with Crippen molar-refractivity contribution >= 4 is 12.4 Å². The number of aldehydes is 1.